The van der Waals surface area contributed by atoms with E-state index in [1.165, 1.54) is 5.69 Å². The Balaban J connectivity index is 1.23. The van der Waals surface area contributed by atoms with Crippen LogP contribution in [0.2, 0.25) is 0 Å². The number of nitrogens with one attached hydrogen (secondary N) is 2. The molecule has 0 fully saturated rings. The molecule has 6 nitrogen and oxygen atoms in total. The zero-order valence-corrected chi connectivity index (χ0v) is 18.8. The van der Waals surface area contributed by atoms with E-state index in [1.54, 1.807) is 7.11 Å². The Bertz CT molecular complexity index is 1090. The van der Waals surface area contributed by atoms with Crippen LogP contribution in [0.3, 0.4) is 0 Å². The summed E-state index contributed by atoms with van der Waals surface area (Å²) < 4.78 is 11.0. The number of rotatable bonds is 9. The summed E-state index contributed by atoms with van der Waals surface area (Å²) in [7, 11) is 1.65. The number of ether oxygens (including phenoxy) is 2. The number of urea groups is 1. The van der Waals surface area contributed by atoms with Gasteiger partial charge in [0.15, 0.2) is 0 Å². The average Bonchev–Trinajstić information content (AvgIpc) is 3.39. The number of nitrogens with zero attached hydrogens (tertiary/aromatic N) is 1. The van der Waals surface area contributed by atoms with Gasteiger partial charge < -0.3 is 25.0 Å². The standard InChI is InChI=1S/C27H29N3O3/c1-32-26-12-10-21(11-13-26)19-33-20-23-7-4-8-24(16-23)29-27(31)28-18-22-6-5-9-25(17-22)30-14-2-3-15-30/h2-13,16-17H,14-15,18-20H2,1H3,(H2,28,29,31). The lowest BCUT2D eigenvalue weighted by molar-refractivity contribution is 0.107. The van der Waals surface area contributed by atoms with Crippen molar-refractivity contribution in [1.29, 1.82) is 0 Å². The smallest absolute Gasteiger partial charge is 0.319 e. The number of amides is 2. The lowest BCUT2D eigenvalue weighted by Crippen LogP contribution is -2.28. The molecule has 6 heteroatoms. The summed E-state index contributed by atoms with van der Waals surface area (Å²) in [5.74, 6) is 0.826. The first-order valence-corrected chi connectivity index (χ1v) is 11.0. The Hall–Kier alpha value is -3.77. The van der Waals surface area contributed by atoms with Crippen molar-refractivity contribution >= 4 is 17.4 Å². The van der Waals surface area contributed by atoms with Crippen molar-refractivity contribution in [1.82, 2.24) is 5.32 Å². The molecule has 3 aromatic carbocycles. The van der Waals surface area contributed by atoms with E-state index in [0.717, 1.165) is 41.2 Å². The van der Waals surface area contributed by atoms with Crippen molar-refractivity contribution in [3.8, 4) is 5.75 Å². The Labute approximate surface area is 194 Å². The largest absolute Gasteiger partial charge is 0.497 e. The quantitative estimate of drug-likeness (QED) is 0.451. The minimum absolute atomic E-state index is 0.237. The van der Waals surface area contributed by atoms with Crippen molar-refractivity contribution in [2.24, 2.45) is 0 Å². The van der Waals surface area contributed by atoms with Crippen LogP contribution in [0.5, 0.6) is 5.75 Å². The van der Waals surface area contributed by atoms with E-state index < -0.39 is 0 Å². The number of anilines is 2. The fourth-order valence-electron chi connectivity index (χ4n) is 3.66. The molecule has 3 aromatic rings. The van der Waals surface area contributed by atoms with Crippen LogP contribution in [0.4, 0.5) is 16.2 Å². The third-order valence-corrected chi connectivity index (χ3v) is 5.43. The third-order valence-electron chi connectivity index (χ3n) is 5.43. The van der Waals surface area contributed by atoms with Crippen molar-refractivity contribution in [3.63, 3.8) is 0 Å². The minimum Gasteiger partial charge on any atom is -0.497 e. The van der Waals surface area contributed by atoms with Gasteiger partial charge >= 0.3 is 6.03 Å². The molecule has 0 spiro atoms. The second kappa shape index (κ2) is 11.2. The van der Waals surface area contributed by atoms with Gasteiger partial charge in [-0.3, -0.25) is 0 Å². The van der Waals surface area contributed by atoms with Gasteiger partial charge in [-0.1, -0.05) is 48.6 Å². The zero-order chi connectivity index (χ0) is 22.9. The molecule has 170 valence electrons. The van der Waals surface area contributed by atoms with Crippen LogP contribution < -0.4 is 20.3 Å². The number of hydrogen-bond donors (Lipinski definition) is 2. The molecule has 4 rings (SSSR count). The maximum atomic E-state index is 12.4. The molecule has 0 radical (unpaired) electrons. The van der Waals surface area contributed by atoms with Crippen LogP contribution >= 0.6 is 0 Å². The first-order chi connectivity index (χ1) is 16.2. The highest BCUT2D eigenvalue weighted by atomic mass is 16.5. The molecule has 2 amide bonds. The van der Waals surface area contributed by atoms with Gasteiger partial charge in [-0.2, -0.15) is 0 Å². The highest BCUT2D eigenvalue weighted by Crippen LogP contribution is 2.19. The minimum atomic E-state index is -0.237. The summed E-state index contributed by atoms with van der Waals surface area (Å²) in [6.45, 7) is 3.29. The SMILES string of the molecule is COc1ccc(COCc2cccc(NC(=O)NCc3cccc(N4CC=CC4)c3)c2)cc1. The Morgan fingerprint density at radius 3 is 2.39 bits per heavy atom. The Morgan fingerprint density at radius 2 is 1.61 bits per heavy atom. The predicted molar refractivity (Wildman–Crippen MR) is 132 cm³/mol. The van der Waals surface area contributed by atoms with E-state index in [1.807, 2.05) is 60.7 Å². The van der Waals surface area contributed by atoms with Gasteiger partial charge in [0, 0.05) is 31.0 Å². The number of benzene rings is 3. The van der Waals surface area contributed by atoms with Crippen molar-refractivity contribution < 1.29 is 14.3 Å². The molecule has 1 aliphatic heterocycles. The summed E-state index contributed by atoms with van der Waals surface area (Å²) in [6.07, 6.45) is 4.33. The van der Waals surface area contributed by atoms with Gasteiger partial charge in [-0.25, -0.2) is 4.79 Å². The summed E-state index contributed by atoms with van der Waals surface area (Å²) in [6, 6.07) is 23.5. The fraction of sp³-hybridized carbons (Fsp3) is 0.222. The van der Waals surface area contributed by atoms with Gasteiger partial charge in [-0.05, 0) is 53.1 Å². The third kappa shape index (κ3) is 6.60. The Kier molecular flexibility index (Phi) is 7.61. The second-order valence-electron chi connectivity index (χ2n) is 7.90. The van der Waals surface area contributed by atoms with Crippen LogP contribution in [0.25, 0.3) is 0 Å². The van der Waals surface area contributed by atoms with Crippen LogP contribution in [-0.2, 0) is 24.5 Å². The first-order valence-electron chi connectivity index (χ1n) is 11.0. The van der Waals surface area contributed by atoms with Gasteiger partial charge in [0.25, 0.3) is 0 Å². The van der Waals surface area contributed by atoms with E-state index >= 15 is 0 Å². The second-order valence-corrected chi connectivity index (χ2v) is 7.90. The summed E-state index contributed by atoms with van der Waals surface area (Å²) in [4.78, 5) is 14.7. The normalized spacial score (nSPS) is 12.6. The molecular weight excluding hydrogens is 414 g/mol. The topological polar surface area (TPSA) is 62.8 Å². The molecule has 0 bridgehead atoms. The van der Waals surface area contributed by atoms with Crippen molar-refractivity contribution in [2.75, 3.05) is 30.4 Å². The monoisotopic (exact) mass is 443 g/mol. The lowest BCUT2D eigenvalue weighted by atomic mass is 10.2. The number of hydrogen-bond acceptors (Lipinski definition) is 4. The van der Waals surface area contributed by atoms with Crippen LogP contribution in [0.15, 0.2) is 84.9 Å². The van der Waals surface area contributed by atoms with E-state index in [-0.39, 0.29) is 6.03 Å². The molecule has 0 aliphatic carbocycles. The van der Waals surface area contributed by atoms with E-state index in [2.05, 4.69) is 39.8 Å². The summed E-state index contributed by atoms with van der Waals surface area (Å²) in [5.41, 5.74) is 5.04. The summed E-state index contributed by atoms with van der Waals surface area (Å²) in [5, 5.41) is 5.84. The van der Waals surface area contributed by atoms with Gasteiger partial charge in [-0.15, -0.1) is 0 Å². The Morgan fingerprint density at radius 1 is 0.879 bits per heavy atom. The number of methoxy groups -OCH3 is 1. The lowest BCUT2D eigenvalue weighted by Gasteiger charge is -2.18. The molecule has 2 N–H and O–H groups in total. The maximum Gasteiger partial charge on any atom is 0.319 e. The molecule has 0 aromatic heterocycles. The van der Waals surface area contributed by atoms with Crippen LogP contribution in [0.1, 0.15) is 16.7 Å². The first kappa shape index (κ1) is 22.4. The van der Waals surface area contributed by atoms with Crippen molar-refractivity contribution in [2.45, 2.75) is 19.8 Å². The molecule has 33 heavy (non-hydrogen) atoms. The molecular formula is C27H29N3O3. The number of carbonyl (C=O) groups is 1. The maximum absolute atomic E-state index is 12.4. The zero-order valence-electron chi connectivity index (χ0n) is 18.8. The average molecular weight is 444 g/mol. The van der Waals surface area contributed by atoms with Crippen molar-refractivity contribution in [3.05, 3.63) is 102 Å². The van der Waals surface area contributed by atoms with Crippen LogP contribution in [0, 0.1) is 0 Å². The van der Waals surface area contributed by atoms with Crippen LogP contribution in [-0.4, -0.2) is 26.2 Å². The highest BCUT2D eigenvalue weighted by molar-refractivity contribution is 5.89. The molecule has 1 heterocycles. The molecule has 0 atom stereocenters. The van der Waals surface area contributed by atoms with E-state index in [4.69, 9.17) is 9.47 Å². The molecule has 1 aliphatic rings. The fourth-order valence-corrected chi connectivity index (χ4v) is 3.66. The molecule has 0 unspecified atom stereocenters. The molecule has 0 saturated heterocycles. The predicted octanol–water partition coefficient (Wildman–Crippen LogP) is 5.11. The molecule has 0 saturated carbocycles. The van der Waals surface area contributed by atoms with E-state index in [9.17, 15) is 4.79 Å². The van der Waals surface area contributed by atoms with Gasteiger partial charge in [0.2, 0.25) is 0 Å². The van der Waals surface area contributed by atoms with E-state index in [0.29, 0.717) is 19.8 Å². The number of carbonyl (C=O) groups excluding carboxylic acids is 1. The highest BCUT2D eigenvalue weighted by Gasteiger charge is 2.09. The van der Waals surface area contributed by atoms with Gasteiger partial charge in [0.05, 0.1) is 20.3 Å². The van der Waals surface area contributed by atoms with Gasteiger partial charge in [0.1, 0.15) is 5.75 Å². The summed E-state index contributed by atoms with van der Waals surface area (Å²) >= 11 is 0.